The standard InChI is InChI=1S/C18H25NO2/c1-13-16-8-3-4-9-17(16)21-18(13)14(2)19-11-10-15-7-5-6-12-20-15/h3-4,8-9,14-15,19H,5-7,10-12H2,1-2H3. The summed E-state index contributed by atoms with van der Waals surface area (Å²) < 4.78 is 11.8. The van der Waals surface area contributed by atoms with Gasteiger partial charge in [-0.3, -0.25) is 0 Å². The molecule has 2 unspecified atom stereocenters. The molecule has 1 aliphatic rings. The van der Waals surface area contributed by atoms with Crippen molar-refractivity contribution in [3.05, 3.63) is 35.6 Å². The van der Waals surface area contributed by atoms with E-state index in [1.807, 2.05) is 12.1 Å². The minimum absolute atomic E-state index is 0.237. The van der Waals surface area contributed by atoms with E-state index in [9.17, 15) is 0 Å². The molecule has 0 saturated carbocycles. The van der Waals surface area contributed by atoms with Crippen LogP contribution in [0.2, 0.25) is 0 Å². The second-order valence-electron chi connectivity index (χ2n) is 6.04. The van der Waals surface area contributed by atoms with Crippen molar-refractivity contribution in [3.63, 3.8) is 0 Å². The third kappa shape index (κ3) is 3.30. The van der Waals surface area contributed by atoms with Gasteiger partial charge in [-0.1, -0.05) is 18.2 Å². The van der Waals surface area contributed by atoms with Gasteiger partial charge < -0.3 is 14.5 Å². The minimum Gasteiger partial charge on any atom is -0.459 e. The third-order valence-electron chi connectivity index (χ3n) is 4.46. The van der Waals surface area contributed by atoms with Gasteiger partial charge in [-0.25, -0.2) is 0 Å². The Labute approximate surface area is 126 Å². The lowest BCUT2D eigenvalue weighted by molar-refractivity contribution is 0.0112. The van der Waals surface area contributed by atoms with E-state index in [4.69, 9.17) is 9.15 Å². The quantitative estimate of drug-likeness (QED) is 0.887. The molecule has 1 fully saturated rings. The normalized spacial score (nSPS) is 20.8. The van der Waals surface area contributed by atoms with E-state index in [0.29, 0.717) is 6.10 Å². The molecule has 1 aromatic heterocycles. The predicted octanol–water partition coefficient (Wildman–Crippen LogP) is 4.35. The van der Waals surface area contributed by atoms with Gasteiger partial charge in [0.15, 0.2) is 0 Å². The van der Waals surface area contributed by atoms with Crippen LogP contribution < -0.4 is 5.32 Å². The maximum atomic E-state index is 6.01. The van der Waals surface area contributed by atoms with Crippen LogP contribution in [0.4, 0.5) is 0 Å². The first-order valence-electron chi connectivity index (χ1n) is 8.08. The summed E-state index contributed by atoms with van der Waals surface area (Å²) in [5.41, 5.74) is 2.23. The molecule has 1 N–H and O–H groups in total. The van der Waals surface area contributed by atoms with Crippen LogP contribution in [-0.4, -0.2) is 19.3 Å². The van der Waals surface area contributed by atoms with E-state index in [1.54, 1.807) is 0 Å². The molecular weight excluding hydrogens is 262 g/mol. The molecule has 0 bridgehead atoms. The first-order valence-corrected chi connectivity index (χ1v) is 8.08. The lowest BCUT2D eigenvalue weighted by atomic mass is 10.1. The van der Waals surface area contributed by atoms with Crippen molar-refractivity contribution in [2.45, 2.75) is 51.7 Å². The molecule has 0 spiro atoms. The number of hydrogen-bond acceptors (Lipinski definition) is 3. The van der Waals surface area contributed by atoms with Gasteiger partial charge >= 0.3 is 0 Å². The highest BCUT2D eigenvalue weighted by atomic mass is 16.5. The summed E-state index contributed by atoms with van der Waals surface area (Å²) in [6.45, 7) is 6.22. The summed E-state index contributed by atoms with van der Waals surface area (Å²) >= 11 is 0. The monoisotopic (exact) mass is 287 g/mol. The summed E-state index contributed by atoms with van der Waals surface area (Å²) in [4.78, 5) is 0. The van der Waals surface area contributed by atoms with Crippen molar-refractivity contribution in [3.8, 4) is 0 Å². The van der Waals surface area contributed by atoms with Crippen molar-refractivity contribution in [1.29, 1.82) is 0 Å². The first kappa shape index (κ1) is 14.6. The Morgan fingerprint density at radius 2 is 2.14 bits per heavy atom. The summed E-state index contributed by atoms with van der Waals surface area (Å²) in [6, 6.07) is 8.48. The maximum absolute atomic E-state index is 6.01. The van der Waals surface area contributed by atoms with Crippen molar-refractivity contribution in [2.24, 2.45) is 0 Å². The minimum atomic E-state index is 0.237. The van der Waals surface area contributed by atoms with Crippen molar-refractivity contribution < 1.29 is 9.15 Å². The zero-order valence-electron chi connectivity index (χ0n) is 13.0. The zero-order valence-corrected chi connectivity index (χ0v) is 13.0. The molecule has 1 saturated heterocycles. The fourth-order valence-electron chi connectivity index (χ4n) is 3.19. The summed E-state index contributed by atoms with van der Waals surface area (Å²) in [5, 5.41) is 4.79. The first-order chi connectivity index (χ1) is 10.3. The van der Waals surface area contributed by atoms with Gasteiger partial charge in [0.1, 0.15) is 11.3 Å². The second-order valence-corrected chi connectivity index (χ2v) is 6.04. The predicted molar refractivity (Wildman–Crippen MR) is 85.6 cm³/mol. The molecule has 2 atom stereocenters. The molecule has 2 aromatic rings. The SMILES string of the molecule is Cc1c(C(C)NCCC2CCCCO2)oc2ccccc12. The van der Waals surface area contributed by atoms with Crippen LogP contribution in [0.3, 0.4) is 0 Å². The molecule has 0 radical (unpaired) electrons. The highest BCUT2D eigenvalue weighted by Gasteiger charge is 2.17. The molecule has 114 valence electrons. The number of rotatable bonds is 5. The highest BCUT2D eigenvalue weighted by Crippen LogP contribution is 2.29. The molecule has 2 heterocycles. The van der Waals surface area contributed by atoms with Gasteiger partial charge in [0, 0.05) is 12.0 Å². The number of nitrogens with one attached hydrogen (secondary N) is 1. The molecule has 1 aromatic carbocycles. The average Bonchev–Trinajstić information content (AvgIpc) is 2.86. The fourth-order valence-corrected chi connectivity index (χ4v) is 3.19. The molecule has 3 heteroatoms. The number of aryl methyl sites for hydroxylation is 1. The summed E-state index contributed by atoms with van der Waals surface area (Å²) in [6.07, 6.45) is 5.26. The maximum Gasteiger partial charge on any atom is 0.134 e. The van der Waals surface area contributed by atoms with Crippen LogP contribution in [0.1, 0.15) is 50.0 Å². The Morgan fingerprint density at radius 1 is 1.29 bits per heavy atom. The van der Waals surface area contributed by atoms with E-state index in [1.165, 1.54) is 30.2 Å². The van der Waals surface area contributed by atoms with E-state index in [2.05, 4.69) is 31.3 Å². The highest BCUT2D eigenvalue weighted by molar-refractivity contribution is 5.82. The average molecular weight is 287 g/mol. The van der Waals surface area contributed by atoms with Gasteiger partial charge in [0.05, 0.1) is 12.1 Å². The Kier molecular flexibility index (Phi) is 4.61. The molecule has 0 amide bonds. The van der Waals surface area contributed by atoms with Crippen LogP contribution in [0.5, 0.6) is 0 Å². The summed E-state index contributed by atoms with van der Waals surface area (Å²) in [5.74, 6) is 1.06. The molecule has 21 heavy (non-hydrogen) atoms. The molecule has 3 rings (SSSR count). The topological polar surface area (TPSA) is 34.4 Å². The van der Waals surface area contributed by atoms with Gasteiger partial charge in [0.2, 0.25) is 0 Å². The van der Waals surface area contributed by atoms with Gasteiger partial charge in [-0.2, -0.15) is 0 Å². The second kappa shape index (κ2) is 6.63. The van der Waals surface area contributed by atoms with E-state index in [0.717, 1.165) is 30.9 Å². The largest absolute Gasteiger partial charge is 0.459 e. The number of benzene rings is 1. The number of fused-ring (bicyclic) bond motifs is 1. The van der Waals surface area contributed by atoms with Crippen LogP contribution >= 0.6 is 0 Å². The molecule has 3 nitrogen and oxygen atoms in total. The van der Waals surface area contributed by atoms with E-state index < -0.39 is 0 Å². The van der Waals surface area contributed by atoms with Gasteiger partial charge in [0.25, 0.3) is 0 Å². The smallest absolute Gasteiger partial charge is 0.134 e. The van der Waals surface area contributed by atoms with Crippen LogP contribution in [0.15, 0.2) is 28.7 Å². The van der Waals surface area contributed by atoms with E-state index in [-0.39, 0.29) is 6.04 Å². The molecular formula is C18H25NO2. The van der Waals surface area contributed by atoms with Crippen LogP contribution in [0.25, 0.3) is 11.0 Å². The Morgan fingerprint density at radius 3 is 2.90 bits per heavy atom. The lowest BCUT2D eigenvalue weighted by Crippen LogP contribution is -2.27. The Balaban J connectivity index is 1.58. The van der Waals surface area contributed by atoms with E-state index >= 15 is 0 Å². The number of para-hydroxylation sites is 1. The van der Waals surface area contributed by atoms with Crippen molar-refractivity contribution in [1.82, 2.24) is 5.32 Å². The lowest BCUT2D eigenvalue weighted by Gasteiger charge is -2.23. The Bertz CT molecular complexity index is 584. The zero-order chi connectivity index (χ0) is 14.7. The number of ether oxygens (including phenoxy) is 1. The Hall–Kier alpha value is -1.32. The molecule has 0 aliphatic carbocycles. The van der Waals surface area contributed by atoms with Gasteiger partial charge in [-0.15, -0.1) is 0 Å². The summed E-state index contributed by atoms with van der Waals surface area (Å²) in [7, 11) is 0. The van der Waals surface area contributed by atoms with Gasteiger partial charge in [-0.05, 0) is 57.7 Å². The van der Waals surface area contributed by atoms with Crippen LogP contribution in [0, 0.1) is 6.92 Å². The van der Waals surface area contributed by atoms with Crippen LogP contribution in [-0.2, 0) is 4.74 Å². The number of hydrogen-bond donors (Lipinski definition) is 1. The molecule has 1 aliphatic heterocycles. The van der Waals surface area contributed by atoms with Crippen molar-refractivity contribution in [2.75, 3.05) is 13.2 Å². The van der Waals surface area contributed by atoms with Crippen molar-refractivity contribution >= 4 is 11.0 Å². The fraction of sp³-hybridized carbons (Fsp3) is 0.556. The number of furan rings is 1. The third-order valence-corrected chi connectivity index (χ3v) is 4.46.